The molecule has 0 aliphatic carbocycles. The maximum atomic E-state index is 12.6. The summed E-state index contributed by atoms with van der Waals surface area (Å²) in [6.07, 6.45) is -4.48. The Balaban J connectivity index is 2.05. The number of sulfonamides is 1. The van der Waals surface area contributed by atoms with E-state index in [0.29, 0.717) is 0 Å². The summed E-state index contributed by atoms with van der Waals surface area (Å²) >= 11 is 0. The molecule has 0 amide bonds. The molecule has 1 N–H and O–H groups in total. The molecule has 0 saturated carbocycles. The van der Waals surface area contributed by atoms with Crippen molar-refractivity contribution in [1.29, 1.82) is 0 Å². The van der Waals surface area contributed by atoms with Crippen molar-refractivity contribution in [3.8, 4) is 11.8 Å². The summed E-state index contributed by atoms with van der Waals surface area (Å²) in [7, 11) is -2.67. The molecular formula is C18H14F3NO4S. The van der Waals surface area contributed by atoms with Crippen molar-refractivity contribution in [3.63, 3.8) is 0 Å². The number of carbonyl (C=O) groups is 1. The van der Waals surface area contributed by atoms with Crippen molar-refractivity contribution in [2.75, 3.05) is 13.7 Å². The summed E-state index contributed by atoms with van der Waals surface area (Å²) < 4.78 is 68.9. The van der Waals surface area contributed by atoms with Crippen LogP contribution in [-0.2, 0) is 20.9 Å². The maximum absolute atomic E-state index is 12.6. The topological polar surface area (TPSA) is 72.5 Å². The third-order valence-corrected chi connectivity index (χ3v) is 4.78. The predicted octanol–water partition coefficient (Wildman–Crippen LogP) is 2.82. The van der Waals surface area contributed by atoms with Gasteiger partial charge in [0.05, 0.1) is 29.7 Å². The lowest BCUT2D eigenvalue weighted by Crippen LogP contribution is -2.24. The number of hydrogen-bond acceptors (Lipinski definition) is 4. The minimum Gasteiger partial charge on any atom is -0.465 e. The molecule has 0 aliphatic rings. The largest absolute Gasteiger partial charge is 0.465 e. The minimum atomic E-state index is -4.48. The molecule has 0 unspecified atom stereocenters. The summed E-state index contributed by atoms with van der Waals surface area (Å²) in [6, 6.07) is 9.48. The van der Waals surface area contributed by atoms with Crippen LogP contribution in [0, 0.1) is 11.8 Å². The molecule has 0 radical (unpaired) electrons. The molecule has 0 aliphatic heterocycles. The molecule has 0 saturated heterocycles. The van der Waals surface area contributed by atoms with E-state index in [1.165, 1.54) is 43.5 Å². The van der Waals surface area contributed by atoms with E-state index in [-0.39, 0.29) is 22.6 Å². The molecule has 9 heteroatoms. The summed E-state index contributed by atoms with van der Waals surface area (Å²) in [5, 5.41) is 0. The third-order valence-electron chi connectivity index (χ3n) is 3.36. The van der Waals surface area contributed by atoms with E-state index in [4.69, 9.17) is 0 Å². The van der Waals surface area contributed by atoms with Gasteiger partial charge in [0.1, 0.15) is 0 Å². The number of alkyl halides is 3. The molecule has 142 valence electrons. The zero-order valence-corrected chi connectivity index (χ0v) is 14.8. The highest BCUT2D eigenvalue weighted by Crippen LogP contribution is 2.29. The average Bonchev–Trinajstić information content (AvgIpc) is 2.64. The third kappa shape index (κ3) is 5.57. The second kappa shape index (κ2) is 8.24. The molecule has 0 fully saturated rings. The zero-order chi connectivity index (χ0) is 20.1. The van der Waals surface area contributed by atoms with Crippen LogP contribution in [0.25, 0.3) is 0 Å². The first-order valence-corrected chi connectivity index (χ1v) is 8.96. The number of carbonyl (C=O) groups excluding carboxylic acids is 1. The van der Waals surface area contributed by atoms with Gasteiger partial charge in [-0.05, 0) is 42.5 Å². The smallest absolute Gasteiger partial charge is 0.416 e. The average molecular weight is 397 g/mol. The Kier molecular flexibility index (Phi) is 6.25. The Morgan fingerprint density at radius 3 is 2.41 bits per heavy atom. The first-order valence-electron chi connectivity index (χ1n) is 7.47. The van der Waals surface area contributed by atoms with Crippen LogP contribution in [0.2, 0.25) is 0 Å². The molecule has 2 rings (SSSR count). The second-order valence-electron chi connectivity index (χ2n) is 5.22. The lowest BCUT2D eigenvalue weighted by atomic mass is 10.1. The van der Waals surface area contributed by atoms with Crippen molar-refractivity contribution in [1.82, 2.24) is 4.72 Å². The molecule has 2 aromatic carbocycles. The van der Waals surface area contributed by atoms with Gasteiger partial charge in [0.25, 0.3) is 0 Å². The lowest BCUT2D eigenvalue weighted by Gasteiger charge is -2.06. The van der Waals surface area contributed by atoms with Crippen LogP contribution in [0.5, 0.6) is 0 Å². The quantitative estimate of drug-likeness (QED) is 0.636. The molecule has 0 heterocycles. The van der Waals surface area contributed by atoms with Gasteiger partial charge in [0.15, 0.2) is 0 Å². The molecule has 2 aromatic rings. The van der Waals surface area contributed by atoms with Crippen molar-refractivity contribution < 1.29 is 31.1 Å². The lowest BCUT2D eigenvalue weighted by molar-refractivity contribution is -0.137. The van der Waals surface area contributed by atoms with Gasteiger partial charge in [-0.25, -0.2) is 13.2 Å². The van der Waals surface area contributed by atoms with Gasteiger partial charge in [-0.1, -0.05) is 17.9 Å². The summed E-state index contributed by atoms with van der Waals surface area (Å²) in [5.74, 6) is 4.34. The predicted molar refractivity (Wildman–Crippen MR) is 91.3 cm³/mol. The number of ether oxygens (including phenoxy) is 1. The number of halogens is 3. The number of hydrogen-bond donors (Lipinski definition) is 1. The summed E-state index contributed by atoms with van der Waals surface area (Å²) in [4.78, 5) is 11.2. The van der Waals surface area contributed by atoms with Crippen molar-refractivity contribution >= 4 is 16.0 Å². The van der Waals surface area contributed by atoms with Crippen LogP contribution in [0.1, 0.15) is 21.5 Å². The van der Waals surface area contributed by atoms with E-state index in [0.717, 1.165) is 12.1 Å². The first-order chi connectivity index (χ1) is 12.6. The van der Waals surface area contributed by atoms with Crippen molar-refractivity contribution in [2.45, 2.75) is 11.1 Å². The molecule has 0 aromatic heterocycles. The van der Waals surface area contributed by atoms with E-state index in [9.17, 15) is 26.4 Å². The van der Waals surface area contributed by atoms with E-state index < -0.39 is 27.7 Å². The number of rotatable bonds is 4. The Labute approximate surface area is 154 Å². The molecular weight excluding hydrogens is 383 g/mol. The SMILES string of the molecule is COC(=O)c1ccc(S(=O)(=O)NCC#Cc2cccc(C(F)(F)F)c2)cc1. The zero-order valence-electron chi connectivity index (χ0n) is 14.0. The van der Waals surface area contributed by atoms with Crippen LogP contribution in [-0.4, -0.2) is 28.0 Å². The van der Waals surface area contributed by atoms with Gasteiger partial charge < -0.3 is 4.74 Å². The van der Waals surface area contributed by atoms with E-state index >= 15 is 0 Å². The number of benzene rings is 2. The van der Waals surface area contributed by atoms with Crippen molar-refractivity contribution in [3.05, 3.63) is 65.2 Å². The second-order valence-corrected chi connectivity index (χ2v) is 6.99. The van der Waals surface area contributed by atoms with Crippen LogP contribution < -0.4 is 4.72 Å². The Morgan fingerprint density at radius 2 is 1.81 bits per heavy atom. The summed E-state index contributed by atoms with van der Waals surface area (Å²) in [5.41, 5.74) is -0.521. The molecule has 0 atom stereocenters. The van der Waals surface area contributed by atoms with E-state index in [1.807, 2.05) is 0 Å². The van der Waals surface area contributed by atoms with Gasteiger partial charge in [-0.3, -0.25) is 0 Å². The van der Waals surface area contributed by atoms with Gasteiger partial charge in [-0.2, -0.15) is 17.9 Å². The Morgan fingerprint density at radius 1 is 1.15 bits per heavy atom. The fourth-order valence-corrected chi connectivity index (χ4v) is 2.95. The Bertz CT molecular complexity index is 988. The molecule has 27 heavy (non-hydrogen) atoms. The summed E-state index contributed by atoms with van der Waals surface area (Å²) in [6.45, 7) is -0.294. The van der Waals surface area contributed by atoms with Gasteiger partial charge in [-0.15, -0.1) is 0 Å². The highest BCUT2D eigenvalue weighted by molar-refractivity contribution is 7.89. The highest BCUT2D eigenvalue weighted by atomic mass is 32.2. The normalized spacial score (nSPS) is 11.4. The number of methoxy groups -OCH3 is 1. The van der Waals surface area contributed by atoms with Crippen LogP contribution in [0.15, 0.2) is 53.4 Å². The fraction of sp³-hybridized carbons (Fsp3) is 0.167. The first kappa shape index (κ1) is 20.5. The van der Waals surface area contributed by atoms with Crippen LogP contribution in [0.4, 0.5) is 13.2 Å². The maximum Gasteiger partial charge on any atom is 0.416 e. The number of esters is 1. The van der Waals surface area contributed by atoms with Crippen LogP contribution >= 0.6 is 0 Å². The van der Waals surface area contributed by atoms with Gasteiger partial charge in [0, 0.05) is 5.56 Å². The van der Waals surface area contributed by atoms with Crippen LogP contribution in [0.3, 0.4) is 0 Å². The monoisotopic (exact) mass is 397 g/mol. The Hall–Kier alpha value is -2.83. The molecule has 0 bridgehead atoms. The molecule has 0 spiro atoms. The minimum absolute atomic E-state index is 0.0870. The standard InChI is InChI=1S/C18H14F3NO4S/c1-26-17(23)14-7-9-16(10-8-14)27(24,25)22-11-3-5-13-4-2-6-15(12-13)18(19,20)21/h2,4,6-10,12,22H,11H2,1H3. The fourth-order valence-electron chi connectivity index (χ4n) is 2.02. The number of nitrogens with one attached hydrogen (secondary N) is 1. The van der Waals surface area contributed by atoms with E-state index in [2.05, 4.69) is 21.3 Å². The van der Waals surface area contributed by atoms with Gasteiger partial charge >= 0.3 is 12.1 Å². The van der Waals surface area contributed by atoms with Crippen molar-refractivity contribution in [2.24, 2.45) is 0 Å². The van der Waals surface area contributed by atoms with Gasteiger partial charge in [0.2, 0.25) is 10.0 Å². The highest BCUT2D eigenvalue weighted by Gasteiger charge is 2.30. The van der Waals surface area contributed by atoms with E-state index in [1.54, 1.807) is 0 Å². The molecule has 5 nitrogen and oxygen atoms in total.